The molecule has 3 aromatic rings. The summed E-state index contributed by atoms with van der Waals surface area (Å²) < 4.78 is 28.6. The Morgan fingerprint density at radius 1 is 1.04 bits per heavy atom. The van der Waals surface area contributed by atoms with Gasteiger partial charge >= 0.3 is 6.03 Å². The number of aromatic hydroxyl groups is 1. The second kappa shape index (κ2) is 16.0. The minimum Gasteiger partial charge on any atom is -0.508 e. The minimum atomic E-state index is -4.08. The van der Waals surface area contributed by atoms with Crippen molar-refractivity contribution in [2.75, 3.05) is 19.6 Å². The number of nitrogens with one attached hydrogen (secondary N) is 1. The molecule has 1 aliphatic heterocycles. The van der Waals surface area contributed by atoms with Crippen LogP contribution in [0, 0.1) is 11.8 Å². The summed E-state index contributed by atoms with van der Waals surface area (Å²) in [7, 11) is -4.08. The maximum atomic E-state index is 14.0. The number of aromatic nitrogens is 1. The van der Waals surface area contributed by atoms with Crippen molar-refractivity contribution in [1.29, 1.82) is 0 Å². The molecule has 14 heteroatoms. The molecule has 2 heterocycles. The van der Waals surface area contributed by atoms with Crippen molar-refractivity contribution in [1.82, 2.24) is 24.4 Å². The third kappa shape index (κ3) is 8.98. The molecule has 0 saturated carbocycles. The summed E-state index contributed by atoms with van der Waals surface area (Å²) in [6.45, 7) is 8.74. The van der Waals surface area contributed by atoms with E-state index >= 15 is 0 Å². The molecule has 2 aromatic carbocycles. The molecule has 0 radical (unpaired) electrons. The number of benzene rings is 2. The second-order valence-corrected chi connectivity index (χ2v) is 15.6. The lowest BCUT2D eigenvalue weighted by molar-refractivity contribution is -0.129. The van der Waals surface area contributed by atoms with E-state index in [1.165, 1.54) is 44.8 Å². The minimum absolute atomic E-state index is 0.00758. The molecule has 260 valence electrons. The Balaban J connectivity index is 1.58. The molecule has 1 saturated heterocycles. The summed E-state index contributed by atoms with van der Waals surface area (Å²) in [6, 6.07) is 11.8. The number of aryl methyl sites for hydroxylation is 1. The molecule has 4 rings (SSSR count). The Bertz CT molecular complexity index is 1660. The standard InChI is InChI=1S/C34H45N5O7S2/c1-6-30-35-25(21-47-30)18-38-31(42)20-39(34(38)44)32(23(4)5)33(43)36-28(16-24-10-8-7-9-11-24)29(41)19-37(17-22(2)3)48(45,46)27-14-12-26(40)13-15-27/h7-15,21-23,28-29,32,40-41H,6,16-20H2,1-5H3,(H,36,43)/t28-,29+,32?/m0/s1. The van der Waals surface area contributed by atoms with Gasteiger partial charge in [0.25, 0.3) is 5.91 Å². The van der Waals surface area contributed by atoms with Crippen LogP contribution < -0.4 is 5.32 Å². The first kappa shape index (κ1) is 37.0. The van der Waals surface area contributed by atoms with Crippen LogP contribution in [0.25, 0.3) is 0 Å². The first-order valence-corrected chi connectivity index (χ1v) is 18.4. The van der Waals surface area contributed by atoms with Gasteiger partial charge in [-0.1, -0.05) is 65.0 Å². The van der Waals surface area contributed by atoms with E-state index < -0.39 is 52.0 Å². The van der Waals surface area contributed by atoms with E-state index in [0.29, 0.717) is 5.69 Å². The van der Waals surface area contributed by atoms with Crippen LogP contribution in [-0.2, 0) is 39.0 Å². The highest BCUT2D eigenvalue weighted by Crippen LogP contribution is 2.24. The Hall–Kier alpha value is -3.85. The molecule has 0 bridgehead atoms. The zero-order valence-corrected chi connectivity index (χ0v) is 29.6. The third-order valence-corrected chi connectivity index (χ3v) is 11.0. The highest BCUT2D eigenvalue weighted by atomic mass is 32.2. The van der Waals surface area contributed by atoms with E-state index in [0.717, 1.165) is 21.9 Å². The molecule has 1 aromatic heterocycles. The summed E-state index contributed by atoms with van der Waals surface area (Å²) >= 11 is 1.46. The van der Waals surface area contributed by atoms with E-state index in [1.54, 1.807) is 13.8 Å². The number of carbonyl (C=O) groups excluding carboxylic acids is 3. The van der Waals surface area contributed by atoms with Gasteiger partial charge in [-0.2, -0.15) is 4.31 Å². The van der Waals surface area contributed by atoms with Gasteiger partial charge in [0.15, 0.2) is 0 Å². The van der Waals surface area contributed by atoms with Gasteiger partial charge in [-0.15, -0.1) is 11.3 Å². The van der Waals surface area contributed by atoms with Gasteiger partial charge in [0.1, 0.15) is 18.3 Å². The number of imide groups is 1. The van der Waals surface area contributed by atoms with Crippen LogP contribution in [0.1, 0.15) is 50.9 Å². The van der Waals surface area contributed by atoms with Gasteiger partial charge in [0, 0.05) is 18.5 Å². The van der Waals surface area contributed by atoms with Crippen molar-refractivity contribution in [2.45, 2.75) is 77.1 Å². The molecular weight excluding hydrogens is 655 g/mol. The normalized spacial score (nSPS) is 15.9. The van der Waals surface area contributed by atoms with Gasteiger partial charge < -0.3 is 20.4 Å². The van der Waals surface area contributed by atoms with Crippen molar-refractivity contribution in [3.8, 4) is 5.75 Å². The monoisotopic (exact) mass is 699 g/mol. The first-order chi connectivity index (χ1) is 22.7. The number of phenolic OH excluding ortho intramolecular Hbond substituents is 1. The Morgan fingerprint density at radius 2 is 1.71 bits per heavy atom. The quantitative estimate of drug-likeness (QED) is 0.191. The number of nitrogens with zero attached hydrogens (tertiary/aromatic N) is 4. The Morgan fingerprint density at radius 3 is 2.29 bits per heavy atom. The number of carbonyl (C=O) groups is 3. The average Bonchev–Trinajstić information content (AvgIpc) is 3.60. The summed E-state index contributed by atoms with van der Waals surface area (Å²) in [4.78, 5) is 47.4. The highest BCUT2D eigenvalue weighted by molar-refractivity contribution is 7.89. The number of rotatable bonds is 16. The molecule has 1 fully saturated rings. The first-order valence-electron chi connectivity index (χ1n) is 16.1. The molecule has 1 unspecified atom stereocenters. The largest absolute Gasteiger partial charge is 0.508 e. The zero-order chi connectivity index (χ0) is 35.2. The van der Waals surface area contributed by atoms with E-state index in [2.05, 4.69) is 10.3 Å². The van der Waals surface area contributed by atoms with Crippen LogP contribution in [0.5, 0.6) is 5.75 Å². The van der Waals surface area contributed by atoms with Gasteiger partial charge in [0.2, 0.25) is 15.9 Å². The summed E-state index contributed by atoms with van der Waals surface area (Å²) in [5, 5.41) is 27.0. The maximum Gasteiger partial charge on any atom is 0.328 e. The summed E-state index contributed by atoms with van der Waals surface area (Å²) in [6.07, 6.45) is -0.435. The SMILES string of the molecule is CCc1nc(CN2C(=O)CN(C(C(=O)N[C@@H](Cc3ccccc3)[C@H](O)CN(CC(C)C)S(=O)(=O)c3ccc(O)cc3)C(C)C)C2=O)cs1. The lowest BCUT2D eigenvalue weighted by Gasteiger charge is -2.34. The molecule has 3 N–H and O–H groups in total. The third-order valence-electron chi connectivity index (χ3n) is 8.07. The van der Waals surface area contributed by atoms with Crippen LogP contribution in [0.2, 0.25) is 0 Å². The number of aliphatic hydroxyl groups excluding tert-OH is 1. The molecule has 0 aliphatic carbocycles. The maximum absolute atomic E-state index is 14.0. The van der Waals surface area contributed by atoms with Gasteiger partial charge in [-0.25, -0.2) is 18.2 Å². The van der Waals surface area contributed by atoms with Gasteiger partial charge in [0.05, 0.1) is 34.3 Å². The van der Waals surface area contributed by atoms with E-state index in [4.69, 9.17) is 0 Å². The van der Waals surface area contributed by atoms with Gasteiger partial charge in [-0.05, 0) is 54.5 Å². The Labute approximate surface area is 286 Å². The topological polar surface area (TPSA) is 160 Å². The van der Waals surface area contributed by atoms with E-state index in [-0.39, 0.29) is 49.2 Å². The summed E-state index contributed by atoms with van der Waals surface area (Å²) in [5.41, 5.74) is 1.40. The molecule has 0 spiro atoms. The number of hydrogen-bond donors (Lipinski definition) is 3. The van der Waals surface area contributed by atoms with Crippen molar-refractivity contribution >= 4 is 39.2 Å². The average molecular weight is 700 g/mol. The fourth-order valence-electron chi connectivity index (χ4n) is 5.68. The van der Waals surface area contributed by atoms with Crippen molar-refractivity contribution in [2.24, 2.45) is 11.8 Å². The predicted molar refractivity (Wildman–Crippen MR) is 183 cm³/mol. The zero-order valence-electron chi connectivity index (χ0n) is 27.9. The van der Waals surface area contributed by atoms with Crippen LogP contribution in [-0.4, -0.2) is 93.4 Å². The van der Waals surface area contributed by atoms with E-state index in [9.17, 15) is 33.0 Å². The molecule has 3 atom stereocenters. The van der Waals surface area contributed by atoms with E-state index in [1.807, 2.05) is 56.5 Å². The summed E-state index contributed by atoms with van der Waals surface area (Å²) in [5.74, 6) is -1.56. The number of hydrogen-bond acceptors (Lipinski definition) is 9. The number of phenols is 1. The number of sulfonamides is 1. The number of thiazole rings is 1. The van der Waals surface area contributed by atoms with Crippen LogP contribution in [0.15, 0.2) is 64.9 Å². The fraction of sp³-hybridized carbons (Fsp3) is 0.471. The lowest BCUT2D eigenvalue weighted by Crippen LogP contribution is -2.57. The lowest BCUT2D eigenvalue weighted by atomic mass is 9.97. The van der Waals surface area contributed by atoms with Crippen molar-refractivity contribution in [3.63, 3.8) is 0 Å². The molecule has 4 amide bonds. The van der Waals surface area contributed by atoms with Crippen LogP contribution in [0.3, 0.4) is 0 Å². The molecule has 48 heavy (non-hydrogen) atoms. The van der Waals surface area contributed by atoms with Crippen LogP contribution >= 0.6 is 11.3 Å². The fourth-order valence-corrected chi connectivity index (χ4v) is 8.04. The number of amides is 4. The molecular formula is C34H45N5O7S2. The number of aliphatic hydroxyl groups is 1. The molecule has 1 aliphatic rings. The highest BCUT2D eigenvalue weighted by Gasteiger charge is 2.44. The molecule has 12 nitrogen and oxygen atoms in total. The van der Waals surface area contributed by atoms with Gasteiger partial charge in [-0.3, -0.25) is 14.5 Å². The number of urea groups is 1. The van der Waals surface area contributed by atoms with Crippen LogP contribution in [0.4, 0.5) is 4.79 Å². The second-order valence-electron chi connectivity index (χ2n) is 12.7. The predicted octanol–water partition coefficient (Wildman–Crippen LogP) is 3.64. The Kier molecular flexibility index (Phi) is 12.4. The smallest absolute Gasteiger partial charge is 0.328 e. The van der Waals surface area contributed by atoms with Crippen molar-refractivity contribution in [3.05, 3.63) is 76.2 Å². The van der Waals surface area contributed by atoms with Crippen molar-refractivity contribution < 1.29 is 33.0 Å².